The van der Waals surface area contributed by atoms with Gasteiger partial charge >= 0.3 is 0 Å². The number of benzene rings is 1. The molecule has 2 aliphatic rings. The highest BCUT2D eigenvalue weighted by Gasteiger charge is 2.51. The van der Waals surface area contributed by atoms with Gasteiger partial charge in [0.05, 0.1) is 5.71 Å². The summed E-state index contributed by atoms with van der Waals surface area (Å²) in [7, 11) is 0. The third-order valence-electron chi connectivity index (χ3n) is 3.34. The summed E-state index contributed by atoms with van der Waals surface area (Å²) in [6.45, 7) is 0. The molecule has 0 saturated heterocycles. The molecule has 1 aromatic carbocycles. The van der Waals surface area contributed by atoms with Crippen molar-refractivity contribution in [2.24, 2.45) is 5.16 Å². The van der Waals surface area contributed by atoms with E-state index in [4.69, 9.17) is 5.21 Å². The third-order valence-corrected chi connectivity index (χ3v) is 3.84. The second kappa shape index (κ2) is 2.60. The van der Waals surface area contributed by atoms with Gasteiger partial charge in [-0.05, 0) is 30.5 Å². The Labute approximate surface area is 90.8 Å². The van der Waals surface area contributed by atoms with Crippen LogP contribution in [0.3, 0.4) is 0 Å². The zero-order valence-electron chi connectivity index (χ0n) is 7.63. The van der Waals surface area contributed by atoms with Gasteiger partial charge in [-0.3, -0.25) is 0 Å². The van der Waals surface area contributed by atoms with Gasteiger partial charge in [-0.25, -0.2) is 0 Å². The predicted octanol–water partition coefficient (Wildman–Crippen LogP) is 3.06. The van der Waals surface area contributed by atoms with Gasteiger partial charge in [0.15, 0.2) is 0 Å². The first-order chi connectivity index (χ1) is 6.75. The van der Waals surface area contributed by atoms with E-state index in [9.17, 15) is 0 Å². The molecule has 0 amide bonds. The van der Waals surface area contributed by atoms with Crippen LogP contribution in [0, 0.1) is 0 Å². The lowest BCUT2D eigenvalue weighted by molar-refractivity contribution is 0.318. The number of hydrogen-bond donors (Lipinski definition) is 1. The molecule has 3 heteroatoms. The van der Waals surface area contributed by atoms with E-state index in [0.29, 0.717) is 5.41 Å². The number of halogens is 1. The normalized spacial score (nSPS) is 24.2. The predicted molar refractivity (Wildman–Crippen MR) is 58.0 cm³/mol. The van der Waals surface area contributed by atoms with E-state index in [1.165, 1.54) is 18.4 Å². The number of fused-ring (bicyclic) bond motifs is 2. The maximum Gasteiger partial charge on any atom is 0.0879 e. The van der Waals surface area contributed by atoms with Crippen molar-refractivity contribution in [3.8, 4) is 0 Å². The van der Waals surface area contributed by atoms with Gasteiger partial charge in [0.25, 0.3) is 0 Å². The number of nitrogens with zero attached hydrogens (tertiary/aromatic N) is 1. The number of hydrogen-bond acceptors (Lipinski definition) is 2. The van der Waals surface area contributed by atoms with Crippen LogP contribution in [0.1, 0.15) is 30.4 Å². The van der Waals surface area contributed by atoms with Crippen molar-refractivity contribution in [1.29, 1.82) is 0 Å². The van der Waals surface area contributed by atoms with E-state index in [-0.39, 0.29) is 0 Å². The van der Waals surface area contributed by atoms with Gasteiger partial charge in [0, 0.05) is 21.9 Å². The van der Waals surface area contributed by atoms with Gasteiger partial charge in [0.2, 0.25) is 0 Å². The van der Waals surface area contributed by atoms with E-state index in [0.717, 1.165) is 22.2 Å². The summed E-state index contributed by atoms with van der Waals surface area (Å²) in [6, 6.07) is 6.22. The molecule has 1 fully saturated rings. The van der Waals surface area contributed by atoms with Crippen LogP contribution in [0.2, 0.25) is 0 Å². The minimum atomic E-state index is 0.320. The second-order valence-electron chi connectivity index (χ2n) is 4.19. The van der Waals surface area contributed by atoms with Crippen molar-refractivity contribution in [2.75, 3.05) is 0 Å². The molecule has 0 aliphatic heterocycles. The van der Waals surface area contributed by atoms with Gasteiger partial charge in [-0.2, -0.15) is 0 Å². The molecule has 1 aromatic rings. The van der Waals surface area contributed by atoms with Crippen molar-refractivity contribution in [2.45, 2.75) is 24.7 Å². The lowest BCUT2D eigenvalue weighted by Crippen LogP contribution is -2.00. The van der Waals surface area contributed by atoms with Crippen LogP contribution in [0.4, 0.5) is 0 Å². The quantitative estimate of drug-likeness (QED) is 0.558. The Morgan fingerprint density at radius 1 is 1.36 bits per heavy atom. The fraction of sp³-hybridized carbons (Fsp3) is 0.364. The van der Waals surface area contributed by atoms with Crippen LogP contribution in [-0.2, 0) is 5.41 Å². The Kier molecular flexibility index (Phi) is 1.57. The van der Waals surface area contributed by atoms with Crippen molar-refractivity contribution < 1.29 is 5.21 Å². The molecule has 0 heterocycles. The molecule has 72 valence electrons. The van der Waals surface area contributed by atoms with E-state index < -0.39 is 0 Å². The Morgan fingerprint density at radius 2 is 2.14 bits per heavy atom. The second-order valence-corrected chi connectivity index (χ2v) is 5.11. The summed E-state index contributed by atoms with van der Waals surface area (Å²) >= 11 is 3.48. The molecule has 2 aliphatic carbocycles. The van der Waals surface area contributed by atoms with Gasteiger partial charge in [-0.1, -0.05) is 27.2 Å². The average Bonchev–Trinajstić information content (AvgIpc) is 2.88. The average molecular weight is 252 g/mol. The Bertz CT molecular complexity index is 435. The molecule has 0 radical (unpaired) electrons. The molecule has 1 N–H and O–H groups in total. The molecule has 0 atom stereocenters. The largest absolute Gasteiger partial charge is 0.411 e. The van der Waals surface area contributed by atoms with Crippen LogP contribution in [0.15, 0.2) is 27.8 Å². The van der Waals surface area contributed by atoms with Gasteiger partial charge < -0.3 is 5.21 Å². The van der Waals surface area contributed by atoms with E-state index >= 15 is 0 Å². The van der Waals surface area contributed by atoms with Crippen molar-refractivity contribution in [1.82, 2.24) is 0 Å². The van der Waals surface area contributed by atoms with Crippen LogP contribution in [-0.4, -0.2) is 10.9 Å². The fourth-order valence-corrected chi connectivity index (χ4v) is 2.77. The maximum absolute atomic E-state index is 8.92. The Morgan fingerprint density at radius 3 is 2.79 bits per heavy atom. The lowest BCUT2D eigenvalue weighted by Gasteiger charge is -2.06. The molecular formula is C11H10BrNO. The first-order valence-corrected chi connectivity index (χ1v) is 5.56. The Balaban J connectivity index is 2.24. The molecule has 1 spiro atoms. The van der Waals surface area contributed by atoms with Crippen LogP contribution < -0.4 is 0 Å². The first kappa shape index (κ1) is 8.48. The van der Waals surface area contributed by atoms with E-state index in [2.05, 4.69) is 27.2 Å². The standard InChI is InChI=1S/C11H10BrNO/c12-7-1-2-8-9(5-7)11(3-4-11)6-10(8)13-14/h1-2,5,14H,3-4,6H2. The third kappa shape index (κ3) is 0.989. The minimum Gasteiger partial charge on any atom is -0.411 e. The zero-order chi connectivity index (χ0) is 9.76. The first-order valence-electron chi connectivity index (χ1n) is 4.76. The van der Waals surface area contributed by atoms with Crippen molar-refractivity contribution in [3.05, 3.63) is 33.8 Å². The molecule has 3 rings (SSSR count). The van der Waals surface area contributed by atoms with Crippen molar-refractivity contribution >= 4 is 21.6 Å². The highest BCUT2D eigenvalue weighted by Crippen LogP contribution is 2.57. The minimum absolute atomic E-state index is 0.320. The number of rotatable bonds is 0. The summed E-state index contributed by atoms with van der Waals surface area (Å²) in [5.74, 6) is 0. The molecule has 1 saturated carbocycles. The Hall–Kier alpha value is -0.830. The maximum atomic E-state index is 8.92. The summed E-state index contributed by atoms with van der Waals surface area (Å²) in [5, 5.41) is 12.3. The topological polar surface area (TPSA) is 32.6 Å². The van der Waals surface area contributed by atoms with E-state index in [1.807, 2.05) is 12.1 Å². The zero-order valence-corrected chi connectivity index (χ0v) is 9.21. The molecule has 0 bridgehead atoms. The fourth-order valence-electron chi connectivity index (χ4n) is 2.40. The highest BCUT2D eigenvalue weighted by atomic mass is 79.9. The summed E-state index contributed by atoms with van der Waals surface area (Å²) in [5.41, 5.74) is 3.67. The SMILES string of the molecule is ON=C1CC2(CC2)c2cc(Br)ccc21. The molecule has 0 aromatic heterocycles. The molecule has 14 heavy (non-hydrogen) atoms. The molecule has 2 nitrogen and oxygen atoms in total. The van der Waals surface area contributed by atoms with Gasteiger partial charge in [0.1, 0.15) is 0 Å². The monoisotopic (exact) mass is 251 g/mol. The highest BCUT2D eigenvalue weighted by molar-refractivity contribution is 9.10. The molecule has 0 unspecified atom stereocenters. The van der Waals surface area contributed by atoms with Gasteiger partial charge in [-0.15, -0.1) is 0 Å². The van der Waals surface area contributed by atoms with Crippen LogP contribution in [0.25, 0.3) is 0 Å². The van der Waals surface area contributed by atoms with Crippen LogP contribution >= 0.6 is 15.9 Å². The molecular weight excluding hydrogens is 242 g/mol. The summed E-state index contributed by atoms with van der Waals surface area (Å²) < 4.78 is 1.11. The lowest BCUT2D eigenvalue weighted by atomic mass is 9.99. The number of oxime groups is 1. The summed E-state index contributed by atoms with van der Waals surface area (Å²) in [6.07, 6.45) is 3.38. The van der Waals surface area contributed by atoms with E-state index in [1.54, 1.807) is 0 Å². The smallest absolute Gasteiger partial charge is 0.0879 e. The van der Waals surface area contributed by atoms with Crippen molar-refractivity contribution in [3.63, 3.8) is 0 Å². The summed E-state index contributed by atoms with van der Waals surface area (Å²) in [4.78, 5) is 0. The van der Waals surface area contributed by atoms with Crippen LogP contribution in [0.5, 0.6) is 0 Å².